The Labute approximate surface area is 221 Å². The Kier molecular flexibility index (Phi) is 7.37. The first-order valence-corrected chi connectivity index (χ1v) is 14.3. The molecule has 2 heterocycles. The van der Waals surface area contributed by atoms with Crippen LogP contribution in [0.15, 0.2) is 48.8 Å². The lowest BCUT2D eigenvalue weighted by molar-refractivity contribution is 0.0950. The molecule has 0 radical (unpaired) electrons. The molecule has 38 heavy (non-hydrogen) atoms. The van der Waals surface area contributed by atoms with Crippen molar-refractivity contribution in [2.24, 2.45) is 0 Å². The van der Waals surface area contributed by atoms with Crippen molar-refractivity contribution in [1.29, 1.82) is 0 Å². The van der Waals surface area contributed by atoms with Gasteiger partial charge in [0.15, 0.2) is 9.84 Å². The zero-order valence-corrected chi connectivity index (χ0v) is 22.1. The van der Waals surface area contributed by atoms with Crippen molar-refractivity contribution in [3.63, 3.8) is 0 Å². The number of sulfone groups is 1. The number of anilines is 2. The third-order valence-corrected chi connectivity index (χ3v) is 8.24. The molecule has 1 aliphatic heterocycles. The quantitative estimate of drug-likeness (QED) is 0.418. The molecule has 200 valence electrons. The van der Waals surface area contributed by atoms with Crippen molar-refractivity contribution < 1.29 is 27.4 Å². The van der Waals surface area contributed by atoms with E-state index in [1.807, 2.05) is 18.2 Å². The standard InChI is InChI=1S/C27H30N4O6S/c1-35-22-12-20(13-23(14-22)36-2)31-27-28-15-18(16-29-27)24-6-3-17(26(32)30-19-4-5-19)11-25(24)37-21-7-9-38(33,34)10-8-21/h3,6,11-16,19,21H,4-5,7-10H2,1-2H3,(H,30,32)(H,28,29,31). The first-order chi connectivity index (χ1) is 18.3. The molecular weight excluding hydrogens is 508 g/mol. The Morgan fingerprint density at radius 1 is 0.921 bits per heavy atom. The second kappa shape index (κ2) is 10.9. The van der Waals surface area contributed by atoms with Crippen LogP contribution in [-0.2, 0) is 9.84 Å². The summed E-state index contributed by atoms with van der Waals surface area (Å²) in [6.07, 6.45) is 5.87. The fraction of sp³-hybridized carbons (Fsp3) is 0.370. The van der Waals surface area contributed by atoms with Gasteiger partial charge in [0.2, 0.25) is 5.95 Å². The topological polar surface area (TPSA) is 129 Å². The normalized spacial score (nSPS) is 16.9. The molecule has 1 saturated carbocycles. The van der Waals surface area contributed by atoms with Gasteiger partial charge in [0.1, 0.15) is 23.4 Å². The summed E-state index contributed by atoms with van der Waals surface area (Å²) in [6, 6.07) is 10.9. The number of aromatic nitrogens is 2. The summed E-state index contributed by atoms with van der Waals surface area (Å²) in [5.74, 6) is 2.17. The predicted molar refractivity (Wildman–Crippen MR) is 143 cm³/mol. The van der Waals surface area contributed by atoms with Crippen molar-refractivity contribution in [3.05, 3.63) is 54.4 Å². The van der Waals surface area contributed by atoms with E-state index in [0.717, 1.165) is 18.4 Å². The summed E-state index contributed by atoms with van der Waals surface area (Å²) >= 11 is 0. The van der Waals surface area contributed by atoms with Crippen molar-refractivity contribution in [3.8, 4) is 28.4 Å². The van der Waals surface area contributed by atoms with Gasteiger partial charge in [-0.2, -0.15) is 0 Å². The van der Waals surface area contributed by atoms with Crippen molar-refractivity contribution in [2.75, 3.05) is 31.0 Å². The second-order valence-electron chi connectivity index (χ2n) is 9.45. The van der Waals surface area contributed by atoms with Gasteiger partial charge in [-0.15, -0.1) is 0 Å². The molecule has 0 spiro atoms. The van der Waals surface area contributed by atoms with Crippen LogP contribution >= 0.6 is 0 Å². The fourth-order valence-corrected chi connectivity index (χ4v) is 5.65. The van der Waals surface area contributed by atoms with Gasteiger partial charge in [-0.1, -0.05) is 0 Å². The maximum absolute atomic E-state index is 12.7. The van der Waals surface area contributed by atoms with E-state index < -0.39 is 9.84 Å². The number of nitrogens with one attached hydrogen (secondary N) is 2. The number of hydrogen-bond donors (Lipinski definition) is 2. The monoisotopic (exact) mass is 538 g/mol. The number of nitrogens with zero attached hydrogens (tertiary/aromatic N) is 2. The minimum Gasteiger partial charge on any atom is -0.497 e. The molecule has 11 heteroatoms. The minimum absolute atomic E-state index is 0.0907. The highest BCUT2D eigenvalue weighted by atomic mass is 32.2. The Morgan fingerprint density at radius 2 is 1.58 bits per heavy atom. The number of methoxy groups -OCH3 is 2. The number of amides is 1. The van der Waals surface area contributed by atoms with E-state index in [4.69, 9.17) is 14.2 Å². The van der Waals surface area contributed by atoms with Crippen LogP contribution in [0.25, 0.3) is 11.1 Å². The maximum Gasteiger partial charge on any atom is 0.251 e. The van der Waals surface area contributed by atoms with E-state index >= 15 is 0 Å². The average molecular weight is 539 g/mol. The molecule has 2 aliphatic rings. The molecule has 1 aliphatic carbocycles. The zero-order valence-electron chi connectivity index (χ0n) is 21.3. The van der Waals surface area contributed by atoms with Crippen LogP contribution in [0, 0.1) is 0 Å². The van der Waals surface area contributed by atoms with Gasteiger partial charge in [0, 0.05) is 59.0 Å². The number of carbonyl (C=O) groups is 1. The van der Waals surface area contributed by atoms with E-state index in [9.17, 15) is 13.2 Å². The number of benzene rings is 2. The average Bonchev–Trinajstić information content (AvgIpc) is 3.74. The van der Waals surface area contributed by atoms with Crippen LogP contribution in [-0.4, -0.2) is 62.2 Å². The van der Waals surface area contributed by atoms with Gasteiger partial charge in [-0.05, 0) is 43.9 Å². The van der Waals surface area contributed by atoms with Gasteiger partial charge in [-0.3, -0.25) is 4.79 Å². The lowest BCUT2D eigenvalue weighted by Crippen LogP contribution is -2.31. The molecule has 1 amide bonds. The molecule has 2 N–H and O–H groups in total. The zero-order chi connectivity index (χ0) is 26.7. The number of hydrogen-bond acceptors (Lipinski definition) is 9. The Balaban J connectivity index is 1.39. The van der Waals surface area contributed by atoms with E-state index in [1.165, 1.54) is 0 Å². The highest BCUT2D eigenvalue weighted by Crippen LogP contribution is 2.34. The Hall–Kier alpha value is -3.86. The fourth-order valence-electron chi connectivity index (χ4n) is 4.20. The molecule has 2 fully saturated rings. The smallest absolute Gasteiger partial charge is 0.251 e. The second-order valence-corrected chi connectivity index (χ2v) is 11.8. The molecule has 2 aromatic carbocycles. The molecule has 0 unspecified atom stereocenters. The molecule has 0 bridgehead atoms. The van der Waals surface area contributed by atoms with Crippen molar-refractivity contribution >= 4 is 27.4 Å². The van der Waals surface area contributed by atoms with Crippen molar-refractivity contribution in [1.82, 2.24) is 15.3 Å². The third-order valence-electron chi connectivity index (χ3n) is 6.52. The largest absolute Gasteiger partial charge is 0.497 e. The van der Waals surface area contributed by atoms with Crippen LogP contribution in [0.1, 0.15) is 36.0 Å². The molecule has 0 atom stereocenters. The van der Waals surface area contributed by atoms with Crippen LogP contribution < -0.4 is 24.8 Å². The van der Waals surface area contributed by atoms with E-state index in [2.05, 4.69) is 20.6 Å². The summed E-state index contributed by atoms with van der Waals surface area (Å²) in [6.45, 7) is 0. The molecule has 3 aromatic rings. The summed E-state index contributed by atoms with van der Waals surface area (Å²) < 4.78 is 40.7. The maximum atomic E-state index is 12.7. The van der Waals surface area contributed by atoms with Crippen molar-refractivity contribution in [2.45, 2.75) is 37.8 Å². The number of ether oxygens (including phenoxy) is 3. The van der Waals surface area contributed by atoms with Gasteiger partial charge in [0.25, 0.3) is 5.91 Å². The minimum atomic E-state index is -3.02. The number of carbonyl (C=O) groups excluding carboxylic acids is 1. The Morgan fingerprint density at radius 3 is 2.18 bits per heavy atom. The highest BCUT2D eigenvalue weighted by Gasteiger charge is 2.27. The van der Waals surface area contributed by atoms with Crippen LogP contribution in [0.4, 0.5) is 11.6 Å². The summed E-state index contributed by atoms with van der Waals surface area (Å²) in [7, 11) is 0.135. The van der Waals surface area contributed by atoms with Crippen LogP contribution in [0.3, 0.4) is 0 Å². The molecular formula is C27H30N4O6S. The summed E-state index contributed by atoms with van der Waals surface area (Å²) in [5.41, 5.74) is 2.61. The lowest BCUT2D eigenvalue weighted by Gasteiger charge is -2.25. The third kappa shape index (κ3) is 6.34. The van der Waals surface area contributed by atoms with Crippen LogP contribution in [0.2, 0.25) is 0 Å². The summed E-state index contributed by atoms with van der Waals surface area (Å²) in [4.78, 5) is 21.6. The molecule has 1 saturated heterocycles. The summed E-state index contributed by atoms with van der Waals surface area (Å²) in [5, 5.41) is 6.14. The van der Waals surface area contributed by atoms with Gasteiger partial charge >= 0.3 is 0 Å². The molecule has 10 nitrogen and oxygen atoms in total. The van der Waals surface area contributed by atoms with Gasteiger partial charge in [-0.25, -0.2) is 18.4 Å². The SMILES string of the molecule is COc1cc(Nc2ncc(-c3ccc(C(=O)NC4CC4)cc3OC3CCS(=O)(=O)CC3)cn2)cc(OC)c1. The highest BCUT2D eigenvalue weighted by molar-refractivity contribution is 7.91. The van der Waals surface area contributed by atoms with Crippen LogP contribution in [0.5, 0.6) is 17.2 Å². The lowest BCUT2D eigenvalue weighted by atomic mass is 10.0. The predicted octanol–water partition coefficient (Wildman–Crippen LogP) is 3.75. The van der Waals surface area contributed by atoms with E-state index in [0.29, 0.717) is 52.9 Å². The van der Waals surface area contributed by atoms with E-state index in [-0.39, 0.29) is 29.6 Å². The first-order valence-electron chi connectivity index (χ1n) is 12.5. The number of rotatable bonds is 9. The molecule has 5 rings (SSSR count). The Bertz CT molecular complexity index is 1390. The molecule has 1 aromatic heterocycles. The van der Waals surface area contributed by atoms with Gasteiger partial charge in [0.05, 0.1) is 25.7 Å². The first kappa shape index (κ1) is 25.8. The van der Waals surface area contributed by atoms with E-state index in [1.54, 1.807) is 44.8 Å². The van der Waals surface area contributed by atoms with Gasteiger partial charge < -0.3 is 24.8 Å².